The number of benzene rings is 3. The van der Waals surface area contributed by atoms with E-state index >= 15 is 0 Å². The number of hydrogen-bond donors (Lipinski definition) is 0. The molecule has 1 atom stereocenters. The van der Waals surface area contributed by atoms with Gasteiger partial charge in [-0.2, -0.15) is 0 Å². The molecular weight excluding hydrogens is 388 g/mol. The van der Waals surface area contributed by atoms with Crippen molar-refractivity contribution in [1.82, 2.24) is 0 Å². The molecule has 0 saturated heterocycles. The molecule has 0 spiro atoms. The van der Waals surface area contributed by atoms with Crippen LogP contribution in [0.4, 0.5) is 0 Å². The number of esters is 1. The van der Waals surface area contributed by atoms with E-state index in [0.717, 1.165) is 26.7 Å². The minimum atomic E-state index is -0.178. The zero-order valence-corrected chi connectivity index (χ0v) is 16.3. The highest BCUT2D eigenvalue weighted by atomic mass is 79.9. The molecule has 3 rings (SSSR count). The van der Waals surface area contributed by atoms with Crippen molar-refractivity contribution >= 4 is 21.9 Å². The van der Waals surface area contributed by atoms with E-state index in [1.165, 1.54) is 0 Å². The van der Waals surface area contributed by atoms with Gasteiger partial charge >= 0.3 is 5.97 Å². The summed E-state index contributed by atoms with van der Waals surface area (Å²) < 4.78 is 6.26. The van der Waals surface area contributed by atoms with E-state index < -0.39 is 0 Å². The van der Waals surface area contributed by atoms with Gasteiger partial charge in [-0.25, -0.2) is 0 Å². The predicted molar refractivity (Wildman–Crippen MR) is 109 cm³/mol. The summed E-state index contributed by atoms with van der Waals surface area (Å²) in [4.78, 5) is 12.3. The second kappa shape index (κ2) is 8.81. The smallest absolute Gasteiger partial charge is 0.306 e. The number of hydrogen-bond acceptors (Lipinski definition) is 2. The van der Waals surface area contributed by atoms with Crippen LogP contribution in [0.15, 0.2) is 83.3 Å². The van der Waals surface area contributed by atoms with Crippen LogP contribution in [-0.4, -0.2) is 12.6 Å². The third-order valence-corrected chi connectivity index (χ3v) is 4.90. The van der Waals surface area contributed by atoms with Gasteiger partial charge < -0.3 is 4.74 Å². The number of carbonyl (C=O) groups excluding carboxylic acids is 1. The normalized spacial score (nSPS) is 11.8. The molecule has 0 aromatic heterocycles. The van der Waals surface area contributed by atoms with Crippen LogP contribution >= 0.6 is 15.9 Å². The van der Waals surface area contributed by atoms with Crippen LogP contribution in [0.1, 0.15) is 30.4 Å². The highest BCUT2D eigenvalue weighted by molar-refractivity contribution is 9.10. The van der Waals surface area contributed by atoms with Gasteiger partial charge in [0.25, 0.3) is 0 Å². The van der Waals surface area contributed by atoms with Gasteiger partial charge in [0.2, 0.25) is 0 Å². The Hall–Kier alpha value is -2.39. The van der Waals surface area contributed by atoms with Crippen molar-refractivity contribution in [1.29, 1.82) is 0 Å². The molecule has 1 unspecified atom stereocenters. The fourth-order valence-electron chi connectivity index (χ4n) is 3.17. The molecule has 0 heterocycles. The van der Waals surface area contributed by atoms with Crippen molar-refractivity contribution in [2.24, 2.45) is 0 Å². The lowest BCUT2D eigenvalue weighted by Gasteiger charge is -2.21. The lowest BCUT2D eigenvalue weighted by molar-refractivity contribution is -0.143. The molecule has 0 aliphatic carbocycles. The number of rotatable bonds is 6. The maximum absolute atomic E-state index is 12.3. The summed E-state index contributed by atoms with van der Waals surface area (Å²) in [5.41, 5.74) is 4.53. The van der Waals surface area contributed by atoms with Crippen molar-refractivity contribution in [3.05, 3.63) is 94.5 Å². The van der Waals surface area contributed by atoms with E-state index in [4.69, 9.17) is 4.74 Å². The molecule has 0 aliphatic rings. The summed E-state index contributed by atoms with van der Waals surface area (Å²) >= 11 is 3.49. The second-order valence-corrected chi connectivity index (χ2v) is 6.98. The molecule has 0 N–H and O–H groups in total. The van der Waals surface area contributed by atoms with Crippen LogP contribution in [0.25, 0.3) is 11.1 Å². The molecule has 2 nitrogen and oxygen atoms in total. The Morgan fingerprint density at radius 3 is 2.27 bits per heavy atom. The number of ether oxygens (including phenoxy) is 1. The van der Waals surface area contributed by atoms with E-state index in [-0.39, 0.29) is 11.9 Å². The molecule has 0 radical (unpaired) electrons. The fourth-order valence-corrected chi connectivity index (χ4v) is 3.43. The first-order valence-electron chi connectivity index (χ1n) is 8.74. The summed E-state index contributed by atoms with van der Waals surface area (Å²) in [6.07, 6.45) is 0.319. The SMILES string of the molecule is CCOC(=O)CC(c1ccc(Br)cc1)c1ccccc1-c1ccccc1. The lowest BCUT2D eigenvalue weighted by atomic mass is 9.84. The van der Waals surface area contributed by atoms with E-state index in [1.807, 2.05) is 49.4 Å². The van der Waals surface area contributed by atoms with Crippen molar-refractivity contribution in [2.75, 3.05) is 6.61 Å². The fraction of sp³-hybridized carbons (Fsp3) is 0.174. The highest BCUT2D eigenvalue weighted by Gasteiger charge is 2.22. The molecule has 0 bridgehead atoms. The Labute approximate surface area is 163 Å². The van der Waals surface area contributed by atoms with Gasteiger partial charge in [0.15, 0.2) is 0 Å². The van der Waals surface area contributed by atoms with Crippen molar-refractivity contribution in [3.8, 4) is 11.1 Å². The minimum absolute atomic E-state index is 0.0569. The van der Waals surface area contributed by atoms with Gasteiger partial charge in [-0.05, 0) is 41.3 Å². The molecule has 3 aromatic carbocycles. The van der Waals surface area contributed by atoms with E-state index in [9.17, 15) is 4.79 Å². The Bertz CT molecular complexity index is 857. The Morgan fingerprint density at radius 2 is 1.58 bits per heavy atom. The zero-order valence-electron chi connectivity index (χ0n) is 14.7. The summed E-state index contributed by atoms with van der Waals surface area (Å²) in [5.74, 6) is -0.234. The van der Waals surface area contributed by atoms with Crippen LogP contribution < -0.4 is 0 Å². The second-order valence-electron chi connectivity index (χ2n) is 6.07. The Morgan fingerprint density at radius 1 is 0.923 bits per heavy atom. The first-order valence-corrected chi connectivity index (χ1v) is 9.53. The number of carbonyl (C=O) groups is 1. The van der Waals surface area contributed by atoms with Crippen molar-refractivity contribution in [3.63, 3.8) is 0 Å². The molecule has 0 amide bonds. The Balaban J connectivity index is 2.07. The monoisotopic (exact) mass is 408 g/mol. The van der Waals surface area contributed by atoms with E-state index in [2.05, 4.69) is 52.3 Å². The minimum Gasteiger partial charge on any atom is -0.466 e. The maximum atomic E-state index is 12.3. The van der Waals surface area contributed by atoms with Crippen LogP contribution in [-0.2, 0) is 9.53 Å². The molecular formula is C23H21BrO2. The summed E-state index contributed by atoms with van der Waals surface area (Å²) in [6.45, 7) is 2.23. The molecule has 0 saturated carbocycles. The van der Waals surface area contributed by atoms with E-state index in [0.29, 0.717) is 13.0 Å². The lowest BCUT2D eigenvalue weighted by Crippen LogP contribution is -2.12. The summed E-state index contributed by atoms with van der Waals surface area (Å²) in [5, 5.41) is 0. The van der Waals surface area contributed by atoms with Gasteiger partial charge in [-0.15, -0.1) is 0 Å². The first-order chi connectivity index (χ1) is 12.7. The van der Waals surface area contributed by atoms with Crippen LogP contribution in [0.2, 0.25) is 0 Å². The van der Waals surface area contributed by atoms with Crippen LogP contribution in [0.3, 0.4) is 0 Å². The molecule has 26 heavy (non-hydrogen) atoms. The number of halogens is 1. The summed E-state index contributed by atoms with van der Waals surface area (Å²) in [6, 6.07) is 26.7. The summed E-state index contributed by atoms with van der Waals surface area (Å²) in [7, 11) is 0. The average molecular weight is 409 g/mol. The van der Waals surface area contributed by atoms with Gasteiger partial charge in [-0.1, -0.05) is 82.7 Å². The largest absolute Gasteiger partial charge is 0.466 e. The average Bonchev–Trinajstić information content (AvgIpc) is 2.68. The van der Waals surface area contributed by atoms with Crippen molar-refractivity contribution in [2.45, 2.75) is 19.3 Å². The van der Waals surface area contributed by atoms with Crippen LogP contribution in [0.5, 0.6) is 0 Å². The van der Waals surface area contributed by atoms with E-state index in [1.54, 1.807) is 0 Å². The molecule has 3 heteroatoms. The third-order valence-electron chi connectivity index (χ3n) is 4.37. The molecule has 132 valence electrons. The quantitative estimate of drug-likeness (QED) is 0.453. The highest BCUT2D eigenvalue weighted by Crippen LogP contribution is 2.36. The Kier molecular flexibility index (Phi) is 6.24. The standard InChI is InChI=1S/C23H21BrO2/c1-2-26-23(25)16-22(18-12-14-19(24)15-13-18)21-11-7-6-10-20(21)17-8-4-3-5-9-17/h3-15,22H,2,16H2,1H3. The first kappa shape index (κ1) is 18.4. The van der Waals surface area contributed by atoms with Gasteiger partial charge in [0, 0.05) is 10.4 Å². The maximum Gasteiger partial charge on any atom is 0.306 e. The molecule has 3 aromatic rings. The van der Waals surface area contributed by atoms with Crippen LogP contribution in [0, 0.1) is 0 Å². The van der Waals surface area contributed by atoms with Gasteiger partial charge in [0.1, 0.15) is 0 Å². The molecule has 0 fully saturated rings. The predicted octanol–water partition coefficient (Wildman–Crippen LogP) is 6.20. The zero-order chi connectivity index (χ0) is 18.4. The third kappa shape index (κ3) is 4.41. The van der Waals surface area contributed by atoms with Crippen molar-refractivity contribution < 1.29 is 9.53 Å². The topological polar surface area (TPSA) is 26.3 Å². The molecule has 0 aliphatic heterocycles. The van der Waals surface area contributed by atoms with Gasteiger partial charge in [0.05, 0.1) is 13.0 Å². The van der Waals surface area contributed by atoms with Gasteiger partial charge in [-0.3, -0.25) is 4.79 Å².